The number of piperidine rings is 1. The van der Waals surface area contributed by atoms with E-state index in [9.17, 15) is 18.4 Å². The second kappa shape index (κ2) is 7.57. The minimum atomic E-state index is -0.709. The third-order valence-corrected chi connectivity index (χ3v) is 5.03. The Labute approximate surface area is 165 Å². The number of imidazole rings is 1. The van der Waals surface area contributed by atoms with E-state index in [1.807, 2.05) is 0 Å². The van der Waals surface area contributed by atoms with Gasteiger partial charge in [0.1, 0.15) is 23.2 Å². The Hall–Kier alpha value is -3.36. The number of benzene rings is 1. The Kier molecular flexibility index (Phi) is 4.96. The van der Waals surface area contributed by atoms with Crippen LogP contribution in [0.1, 0.15) is 28.8 Å². The van der Waals surface area contributed by atoms with Gasteiger partial charge in [0.25, 0.3) is 5.91 Å². The zero-order chi connectivity index (χ0) is 20.5. The summed E-state index contributed by atoms with van der Waals surface area (Å²) in [6.07, 6.45) is 4.21. The molecule has 9 heteroatoms. The van der Waals surface area contributed by atoms with Crippen LogP contribution in [0.4, 0.5) is 8.78 Å². The van der Waals surface area contributed by atoms with Crippen molar-refractivity contribution in [2.45, 2.75) is 25.4 Å². The molecule has 0 radical (unpaired) electrons. The molecule has 0 aliphatic carbocycles. The predicted octanol–water partition coefficient (Wildman–Crippen LogP) is 2.17. The van der Waals surface area contributed by atoms with Crippen LogP contribution in [0.3, 0.4) is 0 Å². The van der Waals surface area contributed by atoms with Crippen molar-refractivity contribution < 1.29 is 18.4 Å². The largest absolute Gasteiger partial charge is 0.340 e. The molecule has 1 aliphatic heterocycles. The summed E-state index contributed by atoms with van der Waals surface area (Å²) in [5, 5.41) is 2.74. The smallest absolute Gasteiger partial charge is 0.253 e. The van der Waals surface area contributed by atoms with Crippen molar-refractivity contribution in [3.05, 3.63) is 59.6 Å². The number of likely N-dealkylation sites (tertiary alicyclic amines) is 1. The molecule has 0 spiro atoms. The SMILES string of the molecule is Cn1cnc2cc(C(=O)NC3CCCN(Cc4ccc(F)cc4F)C3=O)cnc21. The summed E-state index contributed by atoms with van der Waals surface area (Å²) in [5.74, 6) is -2.07. The Morgan fingerprint density at radius 1 is 1.28 bits per heavy atom. The van der Waals surface area contributed by atoms with Crippen LogP contribution in [0.2, 0.25) is 0 Å². The molecule has 0 saturated carbocycles. The lowest BCUT2D eigenvalue weighted by Gasteiger charge is -2.32. The third kappa shape index (κ3) is 3.80. The topological polar surface area (TPSA) is 80.1 Å². The number of hydrogen-bond donors (Lipinski definition) is 1. The highest BCUT2D eigenvalue weighted by molar-refractivity contribution is 5.99. The summed E-state index contributed by atoms with van der Waals surface area (Å²) in [4.78, 5) is 35.3. The van der Waals surface area contributed by atoms with E-state index in [2.05, 4.69) is 15.3 Å². The molecular formula is C20H19F2N5O2. The highest BCUT2D eigenvalue weighted by atomic mass is 19.1. The van der Waals surface area contributed by atoms with Gasteiger partial charge >= 0.3 is 0 Å². The molecule has 1 aromatic carbocycles. The fraction of sp³-hybridized carbons (Fsp3) is 0.300. The van der Waals surface area contributed by atoms with Crippen LogP contribution in [-0.4, -0.2) is 43.8 Å². The maximum Gasteiger partial charge on any atom is 0.253 e. The number of rotatable bonds is 4. The molecule has 29 heavy (non-hydrogen) atoms. The number of aryl methyl sites for hydroxylation is 1. The Bertz CT molecular complexity index is 1100. The van der Waals surface area contributed by atoms with Gasteiger partial charge in [0.05, 0.1) is 11.9 Å². The van der Waals surface area contributed by atoms with E-state index in [1.165, 1.54) is 17.2 Å². The monoisotopic (exact) mass is 399 g/mol. The number of carbonyl (C=O) groups is 2. The van der Waals surface area contributed by atoms with Gasteiger partial charge in [0.2, 0.25) is 5.91 Å². The van der Waals surface area contributed by atoms with Gasteiger partial charge in [0, 0.05) is 38.0 Å². The first-order valence-electron chi connectivity index (χ1n) is 9.23. The molecule has 3 aromatic rings. The summed E-state index contributed by atoms with van der Waals surface area (Å²) < 4.78 is 28.8. The summed E-state index contributed by atoms with van der Waals surface area (Å²) in [5.41, 5.74) is 1.79. The average Bonchev–Trinajstić information content (AvgIpc) is 3.07. The van der Waals surface area contributed by atoms with Crippen LogP contribution in [0.25, 0.3) is 11.2 Å². The Balaban J connectivity index is 1.46. The van der Waals surface area contributed by atoms with Gasteiger partial charge in [-0.15, -0.1) is 0 Å². The first-order chi connectivity index (χ1) is 13.9. The summed E-state index contributed by atoms with van der Waals surface area (Å²) >= 11 is 0. The molecule has 2 amide bonds. The number of fused-ring (bicyclic) bond motifs is 1. The number of nitrogens with zero attached hydrogens (tertiary/aromatic N) is 4. The van der Waals surface area contributed by atoms with Crippen molar-refractivity contribution >= 4 is 23.0 Å². The van der Waals surface area contributed by atoms with Crippen LogP contribution in [0, 0.1) is 11.6 Å². The molecule has 1 fully saturated rings. The van der Waals surface area contributed by atoms with Crippen LogP contribution < -0.4 is 5.32 Å². The van der Waals surface area contributed by atoms with E-state index >= 15 is 0 Å². The minimum absolute atomic E-state index is 0.0266. The Morgan fingerprint density at radius 2 is 2.10 bits per heavy atom. The summed E-state index contributed by atoms with van der Waals surface area (Å²) in [6.45, 7) is 0.474. The minimum Gasteiger partial charge on any atom is -0.340 e. The zero-order valence-electron chi connectivity index (χ0n) is 15.7. The maximum atomic E-state index is 13.9. The van der Waals surface area contributed by atoms with Gasteiger partial charge in [0.15, 0.2) is 5.65 Å². The van der Waals surface area contributed by atoms with Crippen LogP contribution >= 0.6 is 0 Å². The summed E-state index contributed by atoms with van der Waals surface area (Å²) in [6, 6.07) is 4.19. The number of carbonyl (C=O) groups excluding carboxylic acids is 2. The highest BCUT2D eigenvalue weighted by Gasteiger charge is 2.30. The number of amides is 2. The second-order valence-corrected chi connectivity index (χ2v) is 7.09. The molecule has 1 atom stereocenters. The number of hydrogen-bond acceptors (Lipinski definition) is 4. The lowest BCUT2D eigenvalue weighted by molar-refractivity contribution is -0.136. The van der Waals surface area contributed by atoms with Gasteiger partial charge in [-0.05, 0) is 25.0 Å². The van der Waals surface area contributed by atoms with E-state index < -0.39 is 23.6 Å². The number of pyridine rings is 1. The van der Waals surface area contributed by atoms with Gasteiger partial charge < -0.3 is 14.8 Å². The number of nitrogens with one attached hydrogen (secondary N) is 1. The van der Waals surface area contributed by atoms with Crippen molar-refractivity contribution in [3.8, 4) is 0 Å². The van der Waals surface area contributed by atoms with E-state index in [-0.39, 0.29) is 18.0 Å². The normalized spacial score (nSPS) is 17.0. The van der Waals surface area contributed by atoms with Crippen LogP contribution in [0.5, 0.6) is 0 Å². The fourth-order valence-electron chi connectivity index (χ4n) is 3.47. The molecular weight excluding hydrogens is 380 g/mol. The van der Waals surface area contributed by atoms with E-state index in [1.54, 1.807) is 24.0 Å². The summed E-state index contributed by atoms with van der Waals surface area (Å²) in [7, 11) is 1.81. The third-order valence-electron chi connectivity index (χ3n) is 5.03. The van der Waals surface area contributed by atoms with Gasteiger partial charge in [-0.25, -0.2) is 18.7 Å². The Morgan fingerprint density at radius 3 is 2.90 bits per heavy atom. The van der Waals surface area contributed by atoms with Crippen molar-refractivity contribution in [3.63, 3.8) is 0 Å². The van der Waals surface area contributed by atoms with E-state index in [0.29, 0.717) is 36.1 Å². The maximum absolute atomic E-state index is 13.9. The fourth-order valence-corrected chi connectivity index (χ4v) is 3.47. The van der Waals surface area contributed by atoms with Crippen LogP contribution in [-0.2, 0) is 18.4 Å². The highest BCUT2D eigenvalue weighted by Crippen LogP contribution is 2.18. The lowest BCUT2D eigenvalue weighted by atomic mass is 10.0. The van der Waals surface area contributed by atoms with Crippen molar-refractivity contribution in [1.29, 1.82) is 0 Å². The first kappa shape index (κ1) is 19.0. The second-order valence-electron chi connectivity index (χ2n) is 7.09. The predicted molar refractivity (Wildman–Crippen MR) is 101 cm³/mol. The quantitative estimate of drug-likeness (QED) is 0.729. The molecule has 1 unspecified atom stereocenters. The molecule has 7 nitrogen and oxygen atoms in total. The molecule has 1 saturated heterocycles. The molecule has 0 bridgehead atoms. The van der Waals surface area contributed by atoms with Gasteiger partial charge in [-0.1, -0.05) is 6.07 Å². The van der Waals surface area contributed by atoms with E-state index in [0.717, 1.165) is 12.1 Å². The first-order valence-corrected chi connectivity index (χ1v) is 9.23. The van der Waals surface area contributed by atoms with Gasteiger partial charge in [-0.2, -0.15) is 0 Å². The van der Waals surface area contributed by atoms with Crippen molar-refractivity contribution in [2.24, 2.45) is 7.05 Å². The van der Waals surface area contributed by atoms with Crippen LogP contribution in [0.15, 0.2) is 36.8 Å². The van der Waals surface area contributed by atoms with Crippen molar-refractivity contribution in [1.82, 2.24) is 24.8 Å². The lowest BCUT2D eigenvalue weighted by Crippen LogP contribution is -2.52. The molecule has 4 rings (SSSR count). The molecule has 1 N–H and O–H groups in total. The van der Waals surface area contributed by atoms with Gasteiger partial charge in [-0.3, -0.25) is 9.59 Å². The molecule has 150 valence electrons. The molecule has 3 heterocycles. The molecule has 2 aromatic heterocycles. The zero-order valence-corrected chi connectivity index (χ0v) is 15.7. The number of halogens is 2. The van der Waals surface area contributed by atoms with Crippen molar-refractivity contribution in [2.75, 3.05) is 6.54 Å². The average molecular weight is 399 g/mol. The standard InChI is InChI=1S/C20H19F2N5O2/c1-26-11-24-17-7-13(9-23-18(17)26)19(28)25-16-3-2-6-27(20(16)29)10-12-4-5-14(21)8-15(12)22/h4-5,7-9,11,16H,2-3,6,10H2,1H3,(H,25,28). The molecule has 1 aliphatic rings. The van der Waals surface area contributed by atoms with E-state index in [4.69, 9.17) is 0 Å². The number of aromatic nitrogens is 3.